The molecule has 1 aliphatic carbocycles. The Morgan fingerprint density at radius 1 is 0.963 bits per heavy atom. The van der Waals surface area contributed by atoms with Gasteiger partial charge in [0.2, 0.25) is 0 Å². The van der Waals surface area contributed by atoms with E-state index in [1.165, 1.54) is 0 Å². The topological polar surface area (TPSA) is 68.8 Å². The van der Waals surface area contributed by atoms with Crippen molar-refractivity contribution in [3.8, 4) is 17.2 Å². The lowest BCUT2D eigenvalue weighted by Crippen LogP contribution is -2.35. The first-order valence-corrected chi connectivity index (χ1v) is 8.93. The number of carbonyl (C=O) groups is 1. The summed E-state index contributed by atoms with van der Waals surface area (Å²) in [6, 6.07) is 11.4. The van der Waals surface area contributed by atoms with E-state index in [0.29, 0.717) is 29.5 Å². The standard InChI is InChI=1S/C21H26N2O4/c1-14-5-7-17(25-2)16(11-14)23-20(24)22-13-21(9-10-21)15-6-8-18(26-3)19(12-15)27-4/h5-8,11-12H,9-10,13H2,1-4H3,(H2,22,23,24). The van der Waals surface area contributed by atoms with Crippen molar-refractivity contribution in [2.45, 2.75) is 25.2 Å². The van der Waals surface area contributed by atoms with Crippen molar-refractivity contribution in [1.29, 1.82) is 0 Å². The fourth-order valence-electron chi connectivity index (χ4n) is 3.22. The Bertz CT molecular complexity index is 831. The summed E-state index contributed by atoms with van der Waals surface area (Å²) < 4.78 is 16.0. The second-order valence-electron chi connectivity index (χ2n) is 6.86. The summed E-state index contributed by atoms with van der Waals surface area (Å²) in [5.41, 5.74) is 2.81. The molecule has 0 bridgehead atoms. The molecule has 0 heterocycles. The van der Waals surface area contributed by atoms with Gasteiger partial charge in [-0.2, -0.15) is 0 Å². The molecule has 27 heavy (non-hydrogen) atoms. The van der Waals surface area contributed by atoms with Gasteiger partial charge in [-0.3, -0.25) is 0 Å². The van der Waals surface area contributed by atoms with E-state index in [2.05, 4.69) is 10.6 Å². The van der Waals surface area contributed by atoms with Crippen LogP contribution in [0.4, 0.5) is 10.5 Å². The van der Waals surface area contributed by atoms with Gasteiger partial charge >= 0.3 is 6.03 Å². The number of hydrogen-bond donors (Lipinski definition) is 2. The average molecular weight is 370 g/mol. The molecular weight excluding hydrogens is 344 g/mol. The highest BCUT2D eigenvalue weighted by molar-refractivity contribution is 5.91. The molecule has 0 aliphatic heterocycles. The van der Waals surface area contributed by atoms with E-state index in [1.807, 2.05) is 43.3 Å². The number of carbonyl (C=O) groups excluding carboxylic acids is 1. The number of aryl methyl sites for hydroxylation is 1. The number of methoxy groups -OCH3 is 3. The summed E-state index contributed by atoms with van der Waals surface area (Å²) in [6.45, 7) is 2.53. The third kappa shape index (κ3) is 4.10. The first kappa shape index (κ1) is 18.9. The van der Waals surface area contributed by atoms with Crippen LogP contribution in [0, 0.1) is 6.92 Å². The lowest BCUT2D eigenvalue weighted by Gasteiger charge is -2.19. The predicted octanol–water partition coefficient (Wildman–Crippen LogP) is 3.87. The zero-order valence-corrected chi connectivity index (χ0v) is 16.2. The van der Waals surface area contributed by atoms with Gasteiger partial charge in [0, 0.05) is 12.0 Å². The maximum Gasteiger partial charge on any atom is 0.319 e. The first-order valence-electron chi connectivity index (χ1n) is 8.93. The number of ether oxygens (including phenoxy) is 3. The van der Waals surface area contributed by atoms with Gasteiger partial charge in [-0.25, -0.2) is 4.79 Å². The quantitative estimate of drug-likeness (QED) is 0.776. The summed E-state index contributed by atoms with van der Waals surface area (Å²) in [5, 5.41) is 5.87. The van der Waals surface area contributed by atoms with Gasteiger partial charge in [-0.1, -0.05) is 12.1 Å². The largest absolute Gasteiger partial charge is 0.495 e. The van der Waals surface area contributed by atoms with Crippen molar-refractivity contribution in [3.05, 3.63) is 47.5 Å². The predicted molar refractivity (Wildman–Crippen MR) is 105 cm³/mol. The van der Waals surface area contributed by atoms with Crippen LogP contribution in [-0.4, -0.2) is 33.9 Å². The average Bonchev–Trinajstić information content (AvgIpc) is 3.47. The fourth-order valence-corrected chi connectivity index (χ4v) is 3.22. The summed E-state index contributed by atoms with van der Waals surface area (Å²) in [4.78, 5) is 12.4. The molecule has 6 nitrogen and oxygen atoms in total. The normalized spacial score (nSPS) is 14.2. The van der Waals surface area contributed by atoms with Gasteiger partial charge in [-0.15, -0.1) is 0 Å². The second-order valence-corrected chi connectivity index (χ2v) is 6.86. The van der Waals surface area contributed by atoms with Crippen molar-refractivity contribution in [3.63, 3.8) is 0 Å². The fraction of sp³-hybridized carbons (Fsp3) is 0.381. The minimum absolute atomic E-state index is 0.0480. The van der Waals surface area contributed by atoms with Crippen molar-refractivity contribution >= 4 is 11.7 Å². The highest BCUT2D eigenvalue weighted by Crippen LogP contribution is 2.49. The van der Waals surface area contributed by atoms with Crippen molar-refractivity contribution in [2.24, 2.45) is 0 Å². The van der Waals surface area contributed by atoms with Crippen LogP contribution in [-0.2, 0) is 5.41 Å². The smallest absolute Gasteiger partial charge is 0.319 e. The molecule has 2 aromatic rings. The van der Waals surface area contributed by atoms with Gasteiger partial charge in [0.25, 0.3) is 0 Å². The molecule has 2 aromatic carbocycles. The van der Waals surface area contributed by atoms with Gasteiger partial charge in [-0.05, 0) is 55.2 Å². The first-order chi connectivity index (χ1) is 13.0. The van der Waals surface area contributed by atoms with Crippen LogP contribution in [0.3, 0.4) is 0 Å². The molecule has 2 N–H and O–H groups in total. The van der Waals surface area contributed by atoms with Crippen LogP contribution >= 0.6 is 0 Å². The molecule has 0 atom stereocenters. The molecule has 0 saturated heterocycles. The van der Waals surface area contributed by atoms with Crippen molar-refractivity contribution < 1.29 is 19.0 Å². The minimum atomic E-state index is -0.245. The zero-order chi connectivity index (χ0) is 19.4. The molecule has 0 aromatic heterocycles. The Morgan fingerprint density at radius 2 is 1.63 bits per heavy atom. The van der Waals surface area contributed by atoms with E-state index >= 15 is 0 Å². The Kier molecular flexibility index (Phi) is 5.44. The molecule has 0 unspecified atom stereocenters. The van der Waals surface area contributed by atoms with E-state index < -0.39 is 0 Å². The Morgan fingerprint density at radius 3 is 2.26 bits per heavy atom. The maximum absolute atomic E-state index is 12.4. The SMILES string of the molecule is COc1ccc(C)cc1NC(=O)NCC1(c2ccc(OC)c(OC)c2)CC1. The van der Waals surface area contributed by atoms with E-state index in [-0.39, 0.29) is 11.4 Å². The number of amides is 2. The number of urea groups is 1. The molecule has 1 saturated carbocycles. The van der Waals surface area contributed by atoms with Crippen LogP contribution in [0.25, 0.3) is 0 Å². The van der Waals surface area contributed by atoms with E-state index in [4.69, 9.17) is 14.2 Å². The van der Waals surface area contributed by atoms with Crippen LogP contribution < -0.4 is 24.8 Å². The Hall–Kier alpha value is -2.89. The van der Waals surface area contributed by atoms with Crippen LogP contribution in [0.1, 0.15) is 24.0 Å². The molecule has 6 heteroatoms. The van der Waals surface area contributed by atoms with Gasteiger partial charge in [0.05, 0.1) is 27.0 Å². The third-order valence-electron chi connectivity index (χ3n) is 5.04. The molecule has 0 spiro atoms. The van der Waals surface area contributed by atoms with E-state index in [9.17, 15) is 4.79 Å². The summed E-state index contributed by atoms with van der Waals surface area (Å²) >= 11 is 0. The monoisotopic (exact) mass is 370 g/mol. The molecule has 3 rings (SSSR count). The van der Waals surface area contributed by atoms with E-state index in [1.54, 1.807) is 21.3 Å². The Labute approximate surface area is 159 Å². The summed E-state index contributed by atoms with van der Waals surface area (Å²) in [5.74, 6) is 2.04. The summed E-state index contributed by atoms with van der Waals surface area (Å²) in [6.07, 6.45) is 2.05. The molecule has 2 amide bonds. The van der Waals surface area contributed by atoms with Gasteiger partial charge < -0.3 is 24.8 Å². The zero-order valence-electron chi connectivity index (χ0n) is 16.2. The molecule has 144 valence electrons. The molecule has 1 aliphatic rings. The lowest BCUT2D eigenvalue weighted by atomic mass is 9.95. The number of anilines is 1. The van der Waals surface area contributed by atoms with Crippen LogP contribution in [0.5, 0.6) is 17.2 Å². The van der Waals surface area contributed by atoms with Crippen molar-refractivity contribution in [2.75, 3.05) is 33.2 Å². The number of hydrogen-bond acceptors (Lipinski definition) is 4. The third-order valence-corrected chi connectivity index (χ3v) is 5.04. The van der Waals surface area contributed by atoms with Gasteiger partial charge in [0.15, 0.2) is 11.5 Å². The van der Waals surface area contributed by atoms with Gasteiger partial charge in [0.1, 0.15) is 5.75 Å². The molecular formula is C21H26N2O4. The number of nitrogens with one attached hydrogen (secondary N) is 2. The number of benzene rings is 2. The minimum Gasteiger partial charge on any atom is -0.495 e. The number of rotatable bonds is 7. The lowest BCUT2D eigenvalue weighted by molar-refractivity contribution is 0.251. The maximum atomic E-state index is 12.4. The van der Waals surface area contributed by atoms with Crippen molar-refractivity contribution in [1.82, 2.24) is 5.32 Å². The van der Waals surface area contributed by atoms with Crippen LogP contribution in [0.2, 0.25) is 0 Å². The van der Waals surface area contributed by atoms with Crippen LogP contribution in [0.15, 0.2) is 36.4 Å². The van der Waals surface area contributed by atoms with E-state index in [0.717, 1.165) is 24.0 Å². The highest BCUT2D eigenvalue weighted by Gasteiger charge is 2.44. The molecule has 0 radical (unpaired) electrons. The summed E-state index contributed by atoms with van der Waals surface area (Å²) in [7, 11) is 4.84. The molecule has 1 fully saturated rings. The highest BCUT2D eigenvalue weighted by atomic mass is 16.5. The second kappa shape index (κ2) is 7.78. The Balaban J connectivity index is 1.66.